The zero-order valence-electron chi connectivity index (χ0n) is 11.2. The SMILES string of the molecule is CC(C)[C@H](NCCCO)C(=O)N1CCSCC1.Cl. The fraction of sp³-hybridized carbons (Fsp3) is 0.917. The Labute approximate surface area is 120 Å². The topological polar surface area (TPSA) is 52.6 Å². The van der Waals surface area contributed by atoms with Crippen molar-refractivity contribution >= 4 is 30.1 Å². The lowest BCUT2D eigenvalue weighted by molar-refractivity contribution is -0.134. The first-order valence-electron chi connectivity index (χ1n) is 6.37. The van der Waals surface area contributed by atoms with Crippen molar-refractivity contribution < 1.29 is 9.90 Å². The predicted octanol–water partition coefficient (Wildman–Crippen LogP) is 0.980. The third-order valence-electron chi connectivity index (χ3n) is 2.95. The molecule has 0 unspecified atom stereocenters. The zero-order chi connectivity index (χ0) is 12.7. The number of rotatable bonds is 6. The second-order valence-electron chi connectivity index (χ2n) is 4.69. The lowest BCUT2D eigenvalue weighted by Crippen LogP contribution is -2.51. The average Bonchev–Trinajstić information content (AvgIpc) is 2.34. The maximum Gasteiger partial charge on any atom is 0.240 e. The standard InChI is InChI=1S/C12H24N2O2S.ClH/c1-10(2)11(13-4-3-7-15)12(16)14-5-8-17-9-6-14;/h10-11,13,15H,3-9H2,1-2H3;1H/t11-;/m0./s1. The van der Waals surface area contributed by atoms with Crippen molar-refractivity contribution in [1.29, 1.82) is 0 Å². The van der Waals surface area contributed by atoms with Gasteiger partial charge in [0.15, 0.2) is 0 Å². The Hall–Kier alpha value is 0.0300. The van der Waals surface area contributed by atoms with Crippen LogP contribution in [-0.2, 0) is 4.79 Å². The summed E-state index contributed by atoms with van der Waals surface area (Å²) < 4.78 is 0. The molecule has 0 aromatic rings. The molecule has 1 saturated heterocycles. The summed E-state index contributed by atoms with van der Waals surface area (Å²) in [5.74, 6) is 2.61. The highest BCUT2D eigenvalue weighted by atomic mass is 35.5. The van der Waals surface area contributed by atoms with Crippen LogP contribution in [0.25, 0.3) is 0 Å². The van der Waals surface area contributed by atoms with Crippen molar-refractivity contribution in [3.63, 3.8) is 0 Å². The van der Waals surface area contributed by atoms with Crippen molar-refractivity contribution in [2.75, 3.05) is 37.7 Å². The molecule has 1 atom stereocenters. The summed E-state index contributed by atoms with van der Waals surface area (Å²) in [6, 6.07) is -0.107. The molecule has 1 rings (SSSR count). The van der Waals surface area contributed by atoms with Crippen LogP contribution < -0.4 is 5.32 Å². The van der Waals surface area contributed by atoms with E-state index in [-0.39, 0.29) is 36.9 Å². The van der Waals surface area contributed by atoms with Crippen LogP contribution >= 0.6 is 24.2 Å². The van der Waals surface area contributed by atoms with Gasteiger partial charge >= 0.3 is 0 Å². The van der Waals surface area contributed by atoms with E-state index >= 15 is 0 Å². The van der Waals surface area contributed by atoms with E-state index in [4.69, 9.17) is 5.11 Å². The Kier molecular flexibility index (Phi) is 9.91. The molecule has 0 spiro atoms. The second kappa shape index (κ2) is 9.89. The predicted molar refractivity (Wildman–Crippen MR) is 79.5 cm³/mol. The highest BCUT2D eigenvalue weighted by Gasteiger charge is 2.27. The number of halogens is 1. The van der Waals surface area contributed by atoms with Crippen LogP contribution in [0.4, 0.5) is 0 Å². The molecule has 1 amide bonds. The van der Waals surface area contributed by atoms with Crippen LogP contribution in [0.3, 0.4) is 0 Å². The molecule has 0 aliphatic carbocycles. The van der Waals surface area contributed by atoms with Gasteiger partial charge in [0, 0.05) is 31.2 Å². The number of thioether (sulfide) groups is 1. The number of aliphatic hydroxyl groups excluding tert-OH is 1. The smallest absolute Gasteiger partial charge is 0.240 e. The number of hydrogen-bond acceptors (Lipinski definition) is 4. The van der Waals surface area contributed by atoms with Crippen molar-refractivity contribution in [2.24, 2.45) is 5.92 Å². The second-order valence-corrected chi connectivity index (χ2v) is 5.92. The summed E-state index contributed by atoms with van der Waals surface area (Å²) in [7, 11) is 0. The number of carbonyl (C=O) groups excluding carboxylic acids is 1. The van der Waals surface area contributed by atoms with Crippen molar-refractivity contribution in [3.05, 3.63) is 0 Å². The fourth-order valence-corrected chi connectivity index (χ4v) is 2.83. The van der Waals surface area contributed by atoms with E-state index in [1.54, 1.807) is 0 Å². The van der Waals surface area contributed by atoms with E-state index in [9.17, 15) is 4.79 Å². The molecule has 0 aromatic carbocycles. The van der Waals surface area contributed by atoms with E-state index in [2.05, 4.69) is 19.2 Å². The minimum atomic E-state index is -0.107. The Bertz CT molecular complexity index is 236. The molecule has 1 fully saturated rings. The molecule has 2 N–H and O–H groups in total. The minimum Gasteiger partial charge on any atom is -0.396 e. The van der Waals surface area contributed by atoms with Gasteiger partial charge in [0.2, 0.25) is 5.91 Å². The highest BCUT2D eigenvalue weighted by Crippen LogP contribution is 2.13. The first kappa shape index (κ1) is 18.0. The molecular formula is C12H25ClN2O2S. The Morgan fingerprint density at radius 1 is 1.39 bits per heavy atom. The summed E-state index contributed by atoms with van der Waals surface area (Å²) >= 11 is 1.91. The number of nitrogens with one attached hydrogen (secondary N) is 1. The van der Waals surface area contributed by atoms with E-state index in [0.29, 0.717) is 13.0 Å². The lowest BCUT2D eigenvalue weighted by Gasteiger charge is -2.32. The highest BCUT2D eigenvalue weighted by molar-refractivity contribution is 7.99. The third-order valence-corrected chi connectivity index (χ3v) is 3.90. The van der Waals surface area contributed by atoms with Gasteiger partial charge in [-0.25, -0.2) is 0 Å². The molecule has 0 saturated carbocycles. The van der Waals surface area contributed by atoms with Crippen LogP contribution in [0.15, 0.2) is 0 Å². The molecular weight excluding hydrogens is 272 g/mol. The summed E-state index contributed by atoms with van der Waals surface area (Å²) in [6.07, 6.45) is 0.701. The van der Waals surface area contributed by atoms with Crippen LogP contribution in [0, 0.1) is 5.92 Å². The van der Waals surface area contributed by atoms with Gasteiger partial charge in [-0.15, -0.1) is 12.4 Å². The van der Waals surface area contributed by atoms with Gasteiger partial charge in [-0.2, -0.15) is 11.8 Å². The molecule has 1 heterocycles. The molecule has 4 nitrogen and oxygen atoms in total. The molecule has 18 heavy (non-hydrogen) atoms. The molecule has 108 valence electrons. The Balaban J connectivity index is 0.00000289. The average molecular weight is 297 g/mol. The van der Waals surface area contributed by atoms with E-state index < -0.39 is 0 Å². The van der Waals surface area contributed by atoms with Gasteiger partial charge in [-0.3, -0.25) is 4.79 Å². The van der Waals surface area contributed by atoms with Gasteiger partial charge in [-0.05, 0) is 18.9 Å². The Morgan fingerprint density at radius 2 is 2.00 bits per heavy atom. The van der Waals surface area contributed by atoms with E-state index in [1.807, 2.05) is 16.7 Å². The van der Waals surface area contributed by atoms with Crippen LogP contribution in [0.1, 0.15) is 20.3 Å². The quantitative estimate of drug-likeness (QED) is 0.718. The lowest BCUT2D eigenvalue weighted by atomic mass is 10.0. The largest absolute Gasteiger partial charge is 0.396 e. The number of aliphatic hydroxyl groups is 1. The summed E-state index contributed by atoms with van der Waals surface area (Å²) in [5.41, 5.74) is 0. The third kappa shape index (κ3) is 5.78. The van der Waals surface area contributed by atoms with E-state index in [0.717, 1.165) is 24.6 Å². The molecule has 1 aliphatic rings. The first-order valence-corrected chi connectivity index (χ1v) is 7.53. The summed E-state index contributed by atoms with van der Waals surface area (Å²) in [6.45, 7) is 6.74. The first-order chi connectivity index (χ1) is 8.16. The number of hydrogen-bond donors (Lipinski definition) is 2. The number of amides is 1. The van der Waals surface area contributed by atoms with Gasteiger partial charge in [0.1, 0.15) is 0 Å². The normalized spacial score (nSPS) is 17.4. The number of carbonyl (C=O) groups is 1. The number of nitrogens with zero attached hydrogens (tertiary/aromatic N) is 1. The molecule has 0 radical (unpaired) electrons. The van der Waals surface area contributed by atoms with Gasteiger partial charge in [0.25, 0.3) is 0 Å². The van der Waals surface area contributed by atoms with Gasteiger partial charge < -0.3 is 15.3 Å². The molecule has 1 aliphatic heterocycles. The van der Waals surface area contributed by atoms with Crippen LogP contribution in [-0.4, -0.2) is 59.7 Å². The van der Waals surface area contributed by atoms with Crippen LogP contribution in [0.5, 0.6) is 0 Å². The summed E-state index contributed by atoms with van der Waals surface area (Å²) in [4.78, 5) is 14.3. The molecule has 6 heteroatoms. The summed E-state index contributed by atoms with van der Waals surface area (Å²) in [5, 5.41) is 12.0. The van der Waals surface area contributed by atoms with Crippen molar-refractivity contribution in [2.45, 2.75) is 26.3 Å². The maximum absolute atomic E-state index is 12.3. The van der Waals surface area contributed by atoms with Gasteiger partial charge in [-0.1, -0.05) is 13.8 Å². The van der Waals surface area contributed by atoms with E-state index in [1.165, 1.54) is 0 Å². The zero-order valence-corrected chi connectivity index (χ0v) is 12.9. The fourth-order valence-electron chi connectivity index (χ4n) is 1.93. The monoisotopic (exact) mass is 296 g/mol. The van der Waals surface area contributed by atoms with Gasteiger partial charge in [0.05, 0.1) is 6.04 Å². The molecule has 0 aromatic heterocycles. The van der Waals surface area contributed by atoms with Crippen LogP contribution in [0.2, 0.25) is 0 Å². The minimum absolute atomic E-state index is 0. The van der Waals surface area contributed by atoms with Crippen molar-refractivity contribution in [3.8, 4) is 0 Å². The van der Waals surface area contributed by atoms with Crippen molar-refractivity contribution in [1.82, 2.24) is 10.2 Å². The molecule has 0 bridgehead atoms. The maximum atomic E-state index is 12.3. The Morgan fingerprint density at radius 3 is 2.50 bits per heavy atom.